The third-order valence-electron chi connectivity index (χ3n) is 3.66. The van der Waals surface area contributed by atoms with Crippen LogP contribution in [0.25, 0.3) is 11.2 Å². The summed E-state index contributed by atoms with van der Waals surface area (Å²) in [6, 6.07) is 0. The Morgan fingerprint density at radius 3 is 2.80 bits per heavy atom. The van der Waals surface area contributed by atoms with Crippen LogP contribution >= 0.6 is 0 Å². The SMILES string of the molecule is C[C@]1(n2cnc3c(N)ncnc32)O[C@H](CO)[C@@H](O)[C@H]1O. The van der Waals surface area contributed by atoms with Crippen LogP contribution in [0.1, 0.15) is 6.92 Å². The lowest BCUT2D eigenvalue weighted by atomic mass is 10.0. The molecule has 108 valence electrons. The van der Waals surface area contributed by atoms with E-state index in [1.165, 1.54) is 17.2 Å². The van der Waals surface area contributed by atoms with Crippen LogP contribution in [-0.2, 0) is 10.5 Å². The number of nitrogens with two attached hydrogens (primary N) is 1. The van der Waals surface area contributed by atoms with Gasteiger partial charge in [0, 0.05) is 0 Å². The standard InChI is InChI=1S/C11H15N5O4/c1-11(8(19)7(18)5(2-17)20-11)16-4-15-6-9(12)13-3-14-10(6)16/h3-5,7-8,17-19H,2H2,1H3,(H2,12,13,14)/t5-,7-,8-,11+/m1/s1. The van der Waals surface area contributed by atoms with Crippen molar-refractivity contribution in [2.24, 2.45) is 0 Å². The van der Waals surface area contributed by atoms with E-state index in [1.54, 1.807) is 6.92 Å². The molecule has 0 unspecified atom stereocenters. The van der Waals surface area contributed by atoms with E-state index in [0.29, 0.717) is 11.2 Å². The molecule has 0 saturated carbocycles. The van der Waals surface area contributed by atoms with Crippen molar-refractivity contribution in [3.05, 3.63) is 12.7 Å². The summed E-state index contributed by atoms with van der Waals surface area (Å²) < 4.78 is 7.06. The number of imidazole rings is 1. The lowest BCUT2D eigenvalue weighted by Crippen LogP contribution is -2.43. The number of fused-ring (bicyclic) bond motifs is 1. The van der Waals surface area contributed by atoms with Gasteiger partial charge in [0.2, 0.25) is 0 Å². The zero-order chi connectivity index (χ0) is 14.5. The zero-order valence-corrected chi connectivity index (χ0v) is 10.7. The Bertz CT molecular complexity index is 647. The third kappa shape index (κ3) is 1.61. The van der Waals surface area contributed by atoms with Crippen molar-refractivity contribution in [1.29, 1.82) is 0 Å². The summed E-state index contributed by atoms with van der Waals surface area (Å²) >= 11 is 0. The van der Waals surface area contributed by atoms with Gasteiger partial charge in [-0.1, -0.05) is 0 Å². The van der Waals surface area contributed by atoms with Crippen molar-refractivity contribution >= 4 is 17.0 Å². The Morgan fingerprint density at radius 2 is 2.15 bits per heavy atom. The first-order chi connectivity index (χ1) is 9.49. The highest BCUT2D eigenvalue weighted by molar-refractivity contribution is 5.81. The Labute approximate surface area is 113 Å². The minimum Gasteiger partial charge on any atom is -0.394 e. The average molecular weight is 281 g/mol. The number of rotatable bonds is 2. The molecular weight excluding hydrogens is 266 g/mol. The smallest absolute Gasteiger partial charge is 0.173 e. The molecule has 5 N–H and O–H groups in total. The van der Waals surface area contributed by atoms with Gasteiger partial charge in [-0.3, -0.25) is 4.57 Å². The third-order valence-corrected chi connectivity index (χ3v) is 3.66. The molecule has 20 heavy (non-hydrogen) atoms. The van der Waals surface area contributed by atoms with Gasteiger partial charge in [0.1, 0.15) is 30.2 Å². The molecule has 1 fully saturated rings. The summed E-state index contributed by atoms with van der Waals surface area (Å²) in [7, 11) is 0. The summed E-state index contributed by atoms with van der Waals surface area (Å²) in [5.41, 5.74) is 5.16. The summed E-state index contributed by atoms with van der Waals surface area (Å²) in [5, 5.41) is 29.3. The molecule has 3 rings (SSSR count). The molecule has 1 aliphatic heterocycles. The van der Waals surface area contributed by atoms with E-state index >= 15 is 0 Å². The first-order valence-electron chi connectivity index (χ1n) is 6.08. The highest BCUT2D eigenvalue weighted by Gasteiger charge is 2.52. The second kappa shape index (κ2) is 4.35. The normalized spacial score (nSPS) is 33.9. The summed E-state index contributed by atoms with van der Waals surface area (Å²) in [4.78, 5) is 12.0. The van der Waals surface area contributed by atoms with E-state index in [9.17, 15) is 15.3 Å². The molecule has 0 bridgehead atoms. The zero-order valence-electron chi connectivity index (χ0n) is 10.7. The van der Waals surface area contributed by atoms with Crippen LogP contribution in [0.4, 0.5) is 5.82 Å². The number of aliphatic hydroxyl groups is 3. The van der Waals surface area contributed by atoms with E-state index < -0.39 is 30.6 Å². The predicted octanol–water partition coefficient (Wildman–Crippen LogP) is -1.81. The van der Waals surface area contributed by atoms with Crippen molar-refractivity contribution < 1.29 is 20.1 Å². The quantitative estimate of drug-likeness (QED) is 0.505. The second-order valence-corrected chi connectivity index (χ2v) is 4.87. The monoisotopic (exact) mass is 281 g/mol. The maximum Gasteiger partial charge on any atom is 0.173 e. The van der Waals surface area contributed by atoms with Crippen LogP contribution < -0.4 is 5.73 Å². The molecule has 9 nitrogen and oxygen atoms in total. The first kappa shape index (κ1) is 13.2. The van der Waals surface area contributed by atoms with Crippen molar-refractivity contribution in [2.75, 3.05) is 12.3 Å². The number of nitrogen functional groups attached to an aromatic ring is 1. The summed E-state index contributed by atoms with van der Waals surface area (Å²) in [5.74, 6) is 0.212. The number of aromatic nitrogens is 4. The van der Waals surface area contributed by atoms with Crippen LogP contribution in [-0.4, -0.2) is 59.8 Å². The topological polar surface area (TPSA) is 140 Å². The largest absolute Gasteiger partial charge is 0.394 e. The van der Waals surface area contributed by atoms with Gasteiger partial charge in [0.25, 0.3) is 0 Å². The van der Waals surface area contributed by atoms with Crippen molar-refractivity contribution in [2.45, 2.75) is 31.0 Å². The highest BCUT2D eigenvalue weighted by atomic mass is 16.6. The Balaban J connectivity index is 2.13. The molecule has 2 aromatic rings. The second-order valence-electron chi connectivity index (χ2n) is 4.87. The van der Waals surface area contributed by atoms with Gasteiger partial charge < -0.3 is 25.8 Å². The van der Waals surface area contributed by atoms with Crippen LogP contribution in [0.5, 0.6) is 0 Å². The van der Waals surface area contributed by atoms with E-state index in [-0.39, 0.29) is 5.82 Å². The number of hydrogen-bond acceptors (Lipinski definition) is 8. The van der Waals surface area contributed by atoms with Crippen LogP contribution in [0.2, 0.25) is 0 Å². The van der Waals surface area contributed by atoms with Gasteiger partial charge in [-0.2, -0.15) is 0 Å². The van der Waals surface area contributed by atoms with Gasteiger partial charge in [-0.15, -0.1) is 0 Å². The fourth-order valence-electron chi connectivity index (χ4n) is 2.49. The summed E-state index contributed by atoms with van der Waals surface area (Å²) in [6.45, 7) is 1.17. The lowest BCUT2D eigenvalue weighted by molar-refractivity contribution is -0.132. The number of anilines is 1. The molecule has 4 atom stereocenters. The number of nitrogens with zero attached hydrogens (tertiary/aromatic N) is 4. The molecule has 0 amide bonds. The molecule has 1 aliphatic rings. The molecule has 0 radical (unpaired) electrons. The fourth-order valence-corrected chi connectivity index (χ4v) is 2.49. The van der Waals surface area contributed by atoms with Crippen LogP contribution in [0.3, 0.4) is 0 Å². The van der Waals surface area contributed by atoms with Crippen molar-refractivity contribution in [3.63, 3.8) is 0 Å². The van der Waals surface area contributed by atoms with Crippen molar-refractivity contribution in [3.8, 4) is 0 Å². The molecule has 0 spiro atoms. The molecule has 9 heteroatoms. The van der Waals surface area contributed by atoms with Gasteiger partial charge in [-0.05, 0) is 6.92 Å². The van der Waals surface area contributed by atoms with Gasteiger partial charge in [-0.25, -0.2) is 15.0 Å². The maximum absolute atomic E-state index is 10.2. The molecule has 2 aromatic heterocycles. The maximum atomic E-state index is 10.2. The predicted molar refractivity (Wildman–Crippen MR) is 67.4 cm³/mol. The number of aliphatic hydroxyl groups excluding tert-OH is 3. The molecular formula is C11H15N5O4. The van der Waals surface area contributed by atoms with Gasteiger partial charge in [0.15, 0.2) is 17.2 Å². The summed E-state index contributed by atoms with van der Waals surface area (Å²) in [6.07, 6.45) is -0.646. The molecule has 0 aliphatic carbocycles. The molecule has 0 aromatic carbocycles. The average Bonchev–Trinajstić information content (AvgIpc) is 2.96. The molecule has 1 saturated heterocycles. The Morgan fingerprint density at radius 1 is 1.40 bits per heavy atom. The van der Waals surface area contributed by atoms with Crippen LogP contribution in [0.15, 0.2) is 12.7 Å². The minimum absolute atomic E-state index is 0.212. The fraction of sp³-hybridized carbons (Fsp3) is 0.545. The highest BCUT2D eigenvalue weighted by Crippen LogP contribution is 2.37. The van der Waals surface area contributed by atoms with Gasteiger partial charge in [0.05, 0.1) is 12.9 Å². The van der Waals surface area contributed by atoms with E-state index in [1.807, 2.05) is 0 Å². The van der Waals surface area contributed by atoms with E-state index in [0.717, 1.165) is 0 Å². The minimum atomic E-state index is -1.30. The number of hydrogen-bond donors (Lipinski definition) is 4. The van der Waals surface area contributed by atoms with Crippen LogP contribution in [0, 0.1) is 0 Å². The Hall–Kier alpha value is -1.81. The molecule has 3 heterocycles. The first-order valence-corrected chi connectivity index (χ1v) is 6.08. The van der Waals surface area contributed by atoms with E-state index in [4.69, 9.17) is 10.5 Å². The van der Waals surface area contributed by atoms with Gasteiger partial charge >= 0.3 is 0 Å². The number of ether oxygens (including phenoxy) is 1. The Kier molecular flexibility index (Phi) is 2.87. The lowest BCUT2D eigenvalue weighted by Gasteiger charge is -2.29. The van der Waals surface area contributed by atoms with E-state index in [2.05, 4.69) is 15.0 Å². The van der Waals surface area contributed by atoms with Crippen molar-refractivity contribution in [1.82, 2.24) is 19.5 Å².